The van der Waals surface area contributed by atoms with Crippen LogP contribution in [0.25, 0.3) is 28.2 Å². The molecule has 3 aromatic carbocycles. The first-order valence-electron chi connectivity index (χ1n) is 11.3. The quantitative estimate of drug-likeness (QED) is 0.331. The minimum Gasteiger partial charge on any atom is -0.328 e. The third-order valence-corrected chi connectivity index (χ3v) is 7.52. The predicted molar refractivity (Wildman–Crippen MR) is 142 cm³/mol. The topological polar surface area (TPSA) is 8.17 Å². The van der Waals surface area contributed by atoms with Crippen LogP contribution in [0.1, 0.15) is 5.56 Å². The minimum atomic E-state index is 0.183. The first-order chi connectivity index (χ1) is 16.3. The summed E-state index contributed by atoms with van der Waals surface area (Å²) in [5.41, 5.74) is 7.67. The zero-order valence-corrected chi connectivity index (χ0v) is 19.5. The molecule has 1 aromatic heterocycles. The van der Waals surface area contributed by atoms with Crippen molar-refractivity contribution in [3.05, 3.63) is 124 Å². The van der Waals surface area contributed by atoms with Gasteiger partial charge in [-0.3, -0.25) is 0 Å². The molecule has 1 unspecified atom stereocenters. The van der Waals surface area contributed by atoms with Crippen LogP contribution < -0.4 is 15.5 Å². The average Bonchev–Trinajstić information content (AvgIpc) is 3.39. The SMILES string of the molecule is Brc1cc2c(c3c1c1c(n3-c3ccccc3)=CC=CC1)N(c1ccccc1)C1C=CC=CC=21. The highest BCUT2D eigenvalue weighted by molar-refractivity contribution is 9.10. The van der Waals surface area contributed by atoms with Crippen molar-refractivity contribution in [2.45, 2.75) is 12.5 Å². The fraction of sp³-hybridized carbons (Fsp3) is 0.0667. The van der Waals surface area contributed by atoms with Gasteiger partial charge < -0.3 is 9.47 Å². The molecule has 0 radical (unpaired) electrons. The molecule has 0 saturated heterocycles. The van der Waals surface area contributed by atoms with Crippen LogP contribution in [0.4, 0.5) is 11.4 Å². The highest BCUT2D eigenvalue weighted by Gasteiger charge is 2.34. The van der Waals surface area contributed by atoms with E-state index in [-0.39, 0.29) is 6.04 Å². The van der Waals surface area contributed by atoms with Gasteiger partial charge in [-0.15, -0.1) is 0 Å². The van der Waals surface area contributed by atoms with Crippen molar-refractivity contribution in [3.8, 4) is 5.69 Å². The standard InChI is InChI=1S/C30H21BrN2/c31-25-19-24-22-15-7-9-17-26(22)32(20-11-3-1-4-12-20)29(24)30-28(25)23-16-8-10-18-27(23)33(30)21-13-5-2-6-14-21/h1-15,17-19,26H,16H2. The van der Waals surface area contributed by atoms with Gasteiger partial charge in [0.25, 0.3) is 0 Å². The van der Waals surface area contributed by atoms with Crippen LogP contribution >= 0.6 is 15.9 Å². The van der Waals surface area contributed by atoms with E-state index in [1.807, 2.05) is 0 Å². The molecule has 2 aliphatic carbocycles. The van der Waals surface area contributed by atoms with E-state index in [2.05, 4.69) is 135 Å². The number of fused-ring (bicyclic) bond motifs is 6. The van der Waals surface area contributed by atoms with E-state index in [4.69, 9.17) is 0 Å². The molecule has 3 heteroatoms. The van der Waals surface area contributed by atoms with Crippen LogP contribution in [-0.4, -0.2) is 10.6 Å². The van der Waals surface area contributed by atoms with E-state index in [0.29, 0.717) is 0 Å². The Bertz CT molecular complexity index is 1640. The number of anilines is 2. The number of aromatic nitrogens is 1. The lowest BCUT2D eigenvalue weighted by Crippen LogP contribution is -2.27. The van der Waals surface area contributed by atoms with Crippen molar-refractivity contribution in [1.29, 1.82) is 0 Å². The van der Waals surface area contributed by atoms with Crippen molar-refractivity contribution in [1.82, 2.24) is 4.57 Å². The van der Waals surface area contributed by atoms with E-state index in [1.54, 1.807) is 0 Å². The number of nitrogens with zero attached hydrogens (tertiary/aromatic N) is 2. The second-order valence-corrected chi connectivity index (χ2v) is 9.52. The van der Waals surface area contributed by atoms with Gasteiger partial charge in [0.2, 0.25) is 0 Å². The monoisotopic (exact) mass is 488 g/mol. The van der Waals surface area contributed by atoms with Crippen molar-refractivity contribution in [2.24, 2.45) is 0 Å². The summed E-state index contributed by atoms with van der Waals surface area (Å²) in [6.07, 6.45) is 16.5. The van der Waals surface area contributed by atoms with Gasteiger partial charge in [-0.1, -0.05) is 88.8 Å². The van der Waals surface area contributed by atoms with Crippen LogP contribution in [0.2, 0.25) is 0 Å². The molecule has 7 rings (SSSR count). The van der Waals surface area contributed by atoms with Gasteiger partial charge in [-0.05, 0) is 54.0 Å². The normalized spacial score (nSPS) is 17.8. The van der Waals surface area contributed by atoms with E-state index in [9.17, 15) is 0 Å². The summed E-state index contributed by atoms with van der Waals surface area (Å²) in [5, 5.41) is 3.87. The number of para-hydroxylation sites is 2. The zero-order valence-electron chi connectivity index (χ0n) is 17.9. The van der Waals surface area contributed by atoms with Crippen molar-refractivity contribution in [3.63, 3.8) is 0 Å². The molecular weight excluding hydrogens is 468 g/mol. The lowest BCUT2D eigenvalue weighted by molar-refractivity contribution is 0.980. The molecule has 0 N–H and O–H groups in total. The molecule has 0 saturated carbocycles. The van der Waals surface area contributed by atoms with E-state index in [1.165, 1.54) is 49.7 Å². The molecule has 33 heavy (non-hydrogen) atoms. The minimum absolute atomic E-state index is 0.183. The van der Waals surface area contributed by atoms with E-state index in [0.717, 1.165) is 10.9 Å². The van der Waals surface area contributed by atoms with Gasteiger partial charge >= 0.3 is 0 Å². The summed E-state index contributed by atoms with van der Waals surface area (Å²) in [6, 6.07) is 24.1. The first-order valence-corrected chi connectivity index (χ1v) is 12.1. The fourth-order valence-electron chi connectivity index (χ4n) is 5.57. The second-order valence-electron chi connectivity index (χ2n) is 8.66. The lowest BCUT2D eigenvalue weighted by Gasteiger charge is -2.29. The Hall–Kier alpha value is -3.56. The molecular formula is C30H21BrN2. The molecule has 4 aromatic rings. The zero-order chi connectivity index (χ0) is 21.9. The maximum absolute atomic E-state index is 3.98. The molecule has 0 spiro atoms. The number of benzene rings is 3. The number of rotatable bonds is 2. The van der Waals surface area contributed by atoms with Crippen LogP contribution in [0.5, 0.6) is 0 Å². The lowest BCUT2D eigenvalue weighted by atomic mass is 10.0. The van der Waals surface area contributed by atoms with Gasteiger partial charge in [0, 0.05) is 26.5 Å². The highest BCUT2D eigenvalue weighted by atomic mass is 79.9. The molecule has 1 aliphatic heterocycles. The largest absolute Gasteiger partial charge is 0.328 e. The number of hydrogen-bond acceptors (Lipinski definition) is 1. The fourth-order valence-corrected chi connectivity index (χ4v) is 6.23. The van der Waals surface area contributed by atoms with Crippen molar-refractivity contribution >= 4 is 49.9 Å². The second kappa shape index (κ2) is 7.23. The Kier molecular flexibility index (Phi) is 4.15. The Morgan fingerprint density at radius 1 is 0.848 bits per heavy atom. The van der Waals surface area contributed by atoms with Crippen LogP contribution in [0.3, 0.4) is 0 Å². The molecule has 1 atom stereocenters. The van der Waals surface area contributed by atoms with Gasteiger partial charge in [-0.25, -0.2) is 0 Å². The van der Waals surface area contributed by atoms with E-state index < -0.39 is 0 Å². The van der Waals surface area contributed by atoms with E-state index >= 15 is 0 Å². The summed E-state index contributed by atoms with van der Waals surface area (Å²) in [5.74, 6) is 0. The van der Waals surface area contributed by atoms with Crippen LogP contribution in [0, 0.1) is 0 Å². The number of allylic oxidation sites excluding steroid dienone is 4. The average molecular weight is 489 g/mol. The first kappa shape index (κ1) is 19.0. The van der Waals surface area contributed by atoms with Gasteiger partial charge in [-0.2, -0.15) is 0 Å². The van der Waals surface area contributed by atoms with Crippen LogP contribution in [-0.2, 0) is 6.42 Å². The summed E-state index contributed by atoms with van der Waals surface area (Å²) in [4.78, 5) is 2.51. The Morgan fingerprint density at radius 3 is 2.39 bits per heavy atom. The van der Waals surface area contributed by atoms with Crippen molar-refractivity contribution in [2.75, 3.05) is 4.90 Å². The maximum Gasteiger partial charge on any atom is 0.0793 e. The summed E-state index contributed by atoms with van der Waals surface area (Å²) in [7, 11) is 0. The summed E-state index contributed by atoms with van der Waals surface area (Å²) >= 11 is 3.98. The summed E-state index contributed by atoms with van der Waals surface area (Å²) < 4.78 is 3.62. The van der Waals surface area contributed by atoms with Gasteiger partial charge in [0.1, 0.15) is 0 Å². The number of hydrogen-bond donors (Lipinski definition) is 0. The third kappa shape index (κ3) is 2.66. The van der Waals surface area contributed by atoms with Gasteiger partial charge in [0.15, 0.2) is 0 Å². The molecule has 158 valence electrons. The maximum atomic E-state index is 3.98. The summed E-state index contributed by atoms with van der Waals surface area (Å²) in [6.45, 7) is 0. The molecule has 2 heterocycles. The Labute approximate surface area is 200 Å². The molecule has 3 aliphatic rings. The molecule has 2 nitrogen and oxygen atoms in total. The smallest absolute Gasteiger partial charge is 0.0793 e. The van der Waals surface area contributed by atoms with Gasteiger partial charge in [0.05, 0.1) is 22.6 Å². The van der Waals surface area contributed by atoms with Crippen molar-refractivity contribution < 1.29 is 0 Å². The molecule has 0 amide bonds. The molecule has 0 fully saturated rings. The Morgan fingerprint density at radius 2 is 1.61 bits per heavy atom. The number of halogens is 1. The van der Waals surface area contributed by atoms with Crippen LogP contribution in [0.15, 0.2) is 108 Å². The predicted octanol–water partition coefficient (Wildman–Crippen LogP) is 6.08. The Balaban J connectivity index is 1.70. The highest BCUT2D eigenvalue weighted by Crippen LogP contribution is 2.43. The molecule has 0 bridgehead atoms. The third-order valence-electron chi connectivity index (χ3n) is 6.89.